The van der Waals surface area contributed by atoms with E-state index in [1.165, 1.54) is 0 Å². The first-order valence-corrected chi connectivity index (χ1v) is 5.49. The van der Waals surface area contributed by atoms with Gasteiger partial charge in [0, 0.05) is 6.54 Å². The Bertz CT molecular complexity index is 375. The number of urea groups is 1. The number of amides is 2. The minimum atomic E-state index is -0.547. The van der Waals surface area contributed by atoms with E-state index in [4.69, 9.17) is 23.2 Å². The average molecular weight is 265 g/mol. The van der Waals surface area contributed by atoms with Crippen molar-refractivity contribution in [2.24, 2.45) is 0 Å². The summed E-state index contributed by atoms with van der Waals surface area (Å²) in [5.74, 6) is -0.547. The molecular formula is C10H11Cl2FN2O. The molecule has 0 spiro atoms. The van der Waals surface area contributed by atoms with Crippen LogP contribution in [-0.4, -0.2) is 12.6 Å². The Kier molecular flexibility index (Phi) is 4.83. The van der Waals surface area contributed by atoms with E-state index in [0.717, 1.165) is 18.6 Å². The molecule has 1 aromatic rings. The fraction of sp³-hybridized carbons (Fsp3) is 0.300. The van der Waals surface area contributed by atoms with Gasteiger partial charge in [0.15, 0.2) is 0 Å². The Morgan fingerprint density at radius 1 is 1.38 bits per heavy atom. The number of anilines is 1. The van der Waals surface area contributed by atoms with Gasteiger partial charge in [-0.2, -0.15) is 0 Å². The van der Waals surface area contributed by atoms with Crippen LogP contribution in [0.15, 0.2) is 12.1 Å². The van der Waals surface area contributed by atoms with Crippen molar-refractivity contribution in [2.45, 2.75) is 13.3 Å². The van der Waals surface area contributed by atoms with E-state index in [1.54, 1.807) is 0 Å². The molecule has 0 saturated carbocycles. The van der Waals surface area contributed by atoms with Gasteiger partial charge < -0.3 is 10.6 Å². The van der Waals surface area contributed by atoms with Gasteiger partial charge in [0.05, 0.1) is 15.7 Å². The summed E-state index contributed by atoms with van der Waals surface area (Å²) >= 11 is 11.5. The summed E-state index contributed by atoms with van der Waals surface area (Å²) in [6.45, 7) is 2.47. The largest absolute Gasteiger partial charge is 0.338 e. The Labute approximate surface area is 103 Å². The van der Waals surface area contributed by atoms with Gasteiger partial charge in [-0.05, 0) is 18.6 Å². The number of carbonyl (C=O) groups is 1. The predicted octanol–water partition coefficient (Wildman–Crippen LogP) is 3.66. The van der Waals surface area contributed by atoms with E-state index < -0.39 is 11.8 Å². The molecule has 0 aliphatic carbocycles. The van der Waals surface area contributed by atoms with Crippen molar-refractivity contribution in [2.75, 3.05) is 11.9 Å². The van der Waals surface area contributed by atoms with Crippen LogP contribution in [0.2, 0.25) is 10.0 Å². The predicted molar refractivity (Wildman–Crippen MR) is 63.7 cm³/mol. The Morgan fingerprint density at radius 3 is 2.44 bits per heavy atom. The number of hydrogen-bond acceptors (Lipinski definition) is 1. The first-order chi connectivity index (χ1) is 7.54. The Hall–Kier alpha value is -1.00. The lowest BCUT2D eigenvalue weighted by Crippen LogP contribution is -2.29. The number of rotatable bonds is 3. The van der Waals surface area contributed by atoms with Gasteiger partial charge in [-0.3, -0.25) is 0 Å². The lowest BCUT2D eigenvalue weighted by atomic mass is 10.3. The molecule has 2 N–H and O–H groups in total. The molecule has 1 rings (SSSR count). The third kappa shape index (κ3) is 3.54. The van der Waals surface area contributed by atoms with E-state index in [0.29, 0.717) is 6.54 Å². The van der Waals surface area contributed by atoms with E-state index >= 15 is 0 Å². The van der Waals surface area contributed by atoms with Crippen LogP contribution < -0.4 is 10.6 Å². The molecule has 0 bridgehead atoms. The quantitative estimate of drug-likeness (QED) is 0.860. The first kappa shape index (κ1) is 13.1. The molecule has 6 heteroatoms. The molecular weight excluding hydrogens is 254 g/mol. The summed E-state index contributed by atoms with van der Waals surface area (Å²) in [6.07, 6.45) is 0.818. The Balaban J connectivity index is 2.77. The summed E-state index contributed by atoms with van der Waals surface area (Å²) in [7, 11) is 0. The highest BCUT2D eigenvalue weighted by atomic mass is 35.5. The molecule has 88 valence electrons. The summed E-state index contributed by atoms with van der Waals surface area (Å²) < 4.78 is 12.9. The maximum Gasteiger partial charge on any atom is 0.319 e. The zero-order valence-corrected chi connectivity index (χ0v) is 10.1. The van der Waals surface area contributed by atoms with Crippen molar-refractivity contribution < 1.29 is 9.18 Å². The van der Waals surface area contributed by atoms with Gasteiger partial charge in [0.2, 0.25) is 0 Å². The number of carbonyl (C=O) groups excluding carboxylic acids is 1. The molecule has 0 radical (unpaired) electrons. The third-order valence-electron chi connectivity index (χ3n) is 1.78. The number of nitrogens with one attached hydrogen (secondary N) is 2. The van der Waals surface area contributed by atoms with Crippen LogP contribution in [0.4, 0.5) is 14.9 Å². The second kappa shape index (κ2) is 5.92. The van der Waals surface area contributed by atoms with Crippen molar-refractivity contribution in [3.8, 4) is 0 Å². The van der Waals surface area contributed by atoms with Gasteiger partial charge in [0.25, 0.3) is 0 Å². The maximum atomic E-state index is 12.9. The lowest BCUT2D eigenvalue weighted by Gasteiger charge is -2.10. The fourth-order valence-corrected chi connectivity index (χ4v) is 1.61. The number of hydrogen-bond donors (Lipinski definition) is 2. The van der Waals surface area contributed by atoms with Crippen molar-refractivity contribution in [3.63, 3.8) is 0 Å². The fourth-order valence-electron chi connectivity index (χ4n) is 1.06. The van der Waals surface area contributed by atoms with Crippen LogP contribution in [0.25, 0.3) is 0 Å². The van der Waals surface area contributed by atoms with E-state index in [-0.39, 0.29) is 15.7 Å². The lowest BCUT2D eigenvalue weighted by molar-refractivity contribution is 0.252. The standard InChI is InChI=1S/C10H11Cl2FN2O/c1-2-3-14-10(16)15-9-7(11)4-6(13)5-8(9)12/h4-5H,2-3H2,1H3,(H2,14,15,16). The minimum absolute atomic E-state index is 0.0663. The zero-order chi connectivity index (χ0) is 12.1. The molecule has 0 heterocycles. The number of halogens is 3. The second-order valence-electron chi connectivity index (χ2n) is 3.13. The van der Waals surface area contributed by atoms with Gasteiger partial charge in [-0.25, -0.2) is 9.18 Å². The molecule has 16 heavy (non-hydrogen) atoms. The first-order valence-electron chi connectivity index (χ1n) is 4.74. The van der Waals surface area contributed by atoms with Crippen molar-refractivity contribution in [3.05, 3.63) is 28.0 Å². The van der Waals surface area contributed by atoms with Crippen LogP contribution >= 0.6 is 23.2 Å². The molecule has 0 atom stereocenters. The minimum Gasteiger partial charge on any atom is -0.338 e. The molecule has 0 saturated heterocycles. The van der Waals surface area contributed by atoms with Gasteiger partial charge >= 0.3 is 6.03 Å². The highest BCUT2D eigenvalue weighted by Crippen LogP contribution is 2.31. The second-order valence-corrected chi connectivity index (χ2v) is 3.94. The van der Waals surface area contributed by atoms with Crippen LogP contribution in [-0.2, 0) is 0 Å². The van der Waals surface area contributed by atoms with Gasteiger partial charge in [-0.1, -0.05) is 30.1 Å². The average Bonchev–Trinajstić information content (AvgIpc) is 2.20. The van der Waals surface area contributed by atoms with Crippen LogP contribution in [0.1, 0.15) is 13.3 Å². The Morgan fingerprint density at radius 2 is 1.94 bits per heavy atom. The SMILES string of the molecule is CCCNC(=O)Nc1c(Cl)cc(F)cc1Cl. The van der Waals surface area contributed by atoms with E-state index in [9.17, 15) is 9.18 Å². The molecule has 0 aromatic heterocycles. The summed E-state index contributed by atoms with van der Waals surface area (Å²) in [5.41, 5.74) is 0.207. The van der Waals surface area contributed by atoms with E-state index in [1.807, 2.05) is 6.92 Å². The van der Waals surface area contributed by atoms with Crippen molar-refractivity contribution in [1.82, 2.24) is 5.32 Å². The molecule has 0 fully saturated rings. The van der Waals surface area contributed by atoms with Gasteiger partial charge in [0.1, 0.15) is 5.82 Å². The summed E-state index contributed by atoms with van der Waals surface area (Å²) in [6, 6.07) is 1.75. The van der Waals surface area contributed by atoms with Crippen molar-refractivity contribution >= 4 is 34.9 Å². The topological polar surface area (TPSA) is 41.1 Å². The normalized spacial score (nSPS) is 10.0. The smallest absolute Gasteiger partial charge is 0.319 e. The molecule has 0 unspecified atom stereocenters. The van der Waals surface area contributed by atoms with Crippen LogP contribution in [0, 0.1) is 5.82 Å². The van der Waals surface area contributed by atoms with Crippen LogP contribution in [0.5, 0.6) is 0 Å². The molecule has 1 aromatic carbocycles. The molecule has 0 aliphatic rings. The zero-order valence-electron chi connectivity index (χ0n) is 8.61. The number of benzene rings is 1. The summed E-state index contributed by atoms with van der Waals surface area (Å²) in [5, 5.41) is 5.18. The maximum absolute atomic E-state index is 12.9. The van der Waals surface area contributed by atoms with Crippen LogP contribution in [0.3, 0.4) is 0 Å². The molecule has 0 aliphatic heterocycles. The molecule has 2 amide bonds. The highest BCUT2D eigenvalue weighted by Gasteiger charge is 2.10. The summed E-state index contributed by atoms with van der Waals surface area (Å²) in [4.78, 5) is 11.3. The third-order valence-corrected chi connectivity index (χ3v) is 2.38. The highest BCUT2D eigenvalue weighted by molar-refractivity contribution is 6.39. The molecule has 3 nitrogen and oxygen atoms in total. The van der Waals surface area contributed by atoms with Crippen molar-refractivity contribution in [1.29, 1.82) is 0 Å². The monoisotopic (exact) mass is 264 g/mol. The van der Waals surface area contributed by atoms with Gasteiger partial charge in [-0.15, -0.1) is 0 Å². The van der Waals surface area contributed by atoms with E-state index in [2.05, 4.69) is 10.6 Å².